The smallest absolute Gasteiger partial charge is 0.265 e. The molecule has 1 aliphatic carbocycles. The second-order valence-corrected chi connectivity index (χ2v) is 8.32. The van der Waals surface area contributed by atoms with Gasteiger partial charge in [0.05, 0.1) is 5.02 Å². The van der Waals surface area contributed by atoms with Gasteiger partial charge in [-0.1, -0.05) is 31.4 Å². The zero-order valence-electron chi connectivity index (χ0n) is 13.4. The number of hydrogen-bond donors (Lipinski definition) is 1. The number of sulfonamides is 1. The van der Waals surface area contributed by atoms with Crippen molar-refractivity contribution in [3.63, 3.8) is 0 Å². The molecule has 0 spiro atoms. The zero-order chi connectivity index (χ0) is 17.3. The Kier molecular flexibility index (Phi) is 4.92. The van der Waals surface area contributed by atoms with Crippen LogP contribution in [-0.2, 0) is 14.8 Å². The average molecular weight is 374 g/mol. The number of benzene rings is 1. The third kappa shape index (κ3) is 3.47. The highest BCUT2D eigenvalue weighted by Gasteiger charge is 2.32. The van der Waals surface area contributed by atoms with Gasteiger partial charge in [0.2, 0.25) is 5.91 Å². The molecule has 1 saturated carbocycles. The molecule has 1 aromatic rings. The summed E-state index contributed by atoms with van der Waals surface area (Å²) in [6.45, 7) is 2.69. The van der Waals surface area contributed by atoms with Crippen LogP contribution >= 0.6 is 11.6 Å². The van der Waals surface area contributed by atoms with Crippen molar-refractivity contribution in [1.82, 2.24) is 4.72 Å². The van der Waals surface area contributed by atoms with Crippen LogP contribution < -0.4 is 14.2 Å². The third-order valence-corrected chi connectivity index (χ3v) is 6.38. The Morgan fingerprint density at radius 3 is 2.46 bits per heavy atom. The van der Waals surface area contributed by atoms with Gasteiger partial charge in [0, 0.05) is 18.1 Å². The van der Waals surface area contributed by atoms with E-state index in [1.807, 2.05) is 6.92 Å². The van der Waals surface area contributed by atoms with Crippen molar-refractivity contribution in [2.24, 2.45) is 11.8 Å². The van der Waals surface area contributed by atoms with Crippen LogP contribution in [0.1, 0.15) is 32.6 Å². The van der Waals surface area contributed by atoms with Crippen molar-refractivity contribution in [2.75, 3.05) is 13.2 Å². The number of carbonyl (C=O) groups excluding carboxylic acids is 1. The van der Waals surface area contributed by atoms with Gasteiger partial charge in [-0.05, 0) is 18.8 Å². The van der Waals surface area contributed by atoms with Crippen LogP contribution in [0, 0.1) is 11.8 Å². The summed E-state index contributed by atoms with van der Waals surface area (Å²) in [7, 11) is -4.06. The van der Waals surface area contributed by atoms with E-state index in [9.17, 15) is 13.2 Å². The summed E-state index contributed by atoms with van der Waals surface area (Å²) in [5.74, 6) is 0.129. The predicted octanol–water partition coefficient (Wildman–Crippen LogP) is 2.74. The van der Waals surface area contributed by atoms with E-state index in [1.54, 1.807) is 0 Å². The maximum atomic E-state index is 12.6. The molecule has 6 nitrogen and oxygen atoms in total. The fourth-order valence-corrected chi connectivity index (χ4v) is 4.78. The van der Waals surface area contributed by atoms with E-state index < -0.39 is 15.9 Å². The van der Waals surface area contributed by atoms with Gasteiger partial charge in [-0.15, -0.1) is 0 Å². The second kappa shape index (κ2) is 6.80. The molecule has 1 heterocycles. The molecule has 24 heavy (non-hydrogen) atoms. The van der Waals surface area contributed by atoms with Crippen LogP contribution in [0.5, 0.6) is 11.5 Å². The Balaban J connectivity index is 1.84. The molecule has 2 atom stereocenters. The summed E-state index contributed by atoms with van der Waals surface area (Å²) >= 11 is 6.08. The van der Waals surface area contributed by atoms with Gasteiger partial charge in [-0.2, -0.15) is 0 Å². The van der Waals surface area contributed by atoms with Crippen LogP contribution in [-0.4, -0.2) is 27.5 Å². The van der Waals surface area contributed by atoms with Gasteiger partial charge in [-0.25, -0.2) is 13.1 Å². The lowest BCUT2D eigenvalue weighted by Crippen LogP contribution is -2.39. The summed E-state index contributed by atoms with van der Waals surface area (Å²) < 4.78 is 38.1. The highest BCUT2D eigenvalue weighted by atomic mass is 35.5. The van der Waals surface area contributed by atoms with Gasteiger partial charge in [0.25, 0.3) is 10.0 Å². The summed E-state index contributed by atoms with van der Waals surface area (Å²) in [6, 6.07) is 2.70. The van der Waals surface area contributed by atoms with Gasteiger partial charge >= 0.3 is 0 Å². The number of fused-ring (bicyclic) bond motifs is 1. The van der Waals surface area contributed by atoms with Crippen molar-refractivity contribution >= 4 is 27.5 Å². The minimum absolute atomic E-state index is 0.00348. The quantitative estimate of drug-likeness (QED) is 0.880. The molecule has 0 aromatic heterocycles. The van der Waals surface area contributed by atoms with E-state index in [-0.39, 0.29) is 21.8 Å². The molecular weight excluding hydrogens is 354 g/mol. The highest BCUT2D eigenvalue weighted by molar-refractivity contribution is 7.90. The van der Waals surface area contributed by atoms with Crippen molar-refractivity contribution in [2.45, 2.75) is 37.5 Å². The first-order chi connectivity index (χ1) is 11.4. The van der Waals surface area contributed by atoms with Crippen LogP contribution in [0.4, 0.5) is 0 Å². The molecule has 1 aliphatic heterocycles. The summed E-state index contributed by atoms with van der Waals surface area (Å²) in [5, 5.41) is -0.00348. The minimum Gasteiger partial charge on any atom is -0.486 e. The zero-order valence-corrected chi connectivity index (χ0v) is 15.0. The Morgan fingerprint density at radius 2 is 1.79 bits per heavy atom. The fraction of sp³-hybridized carbons (Fsp3) is 0.562. The van der Waals surface area contributed by atoms with Crippen LogP contribution in [0.2, 0.25) is 5.02 Å². The summed E-state index contributed by atoms with van der Waals surface area (Å²) in [5.41, 5.74) is 0. The molecule has 0 saturated heterocycles. The van der Waals surface area contributed by atoms with E-state index in [2.05, 4.69) is 4.72 Å². The fourth-order valence-electron chi connectivity index (χ4n) is 3.22. The first-order valence-corrected chi connectivity index (χ1v) is 9.90. The van der Waals surface area contributed by atoms with Crippen LogP contribution in [0.3, 0.4) is 0 Å². The molecule has 132 valence electrons. The SMILES string of the molecule is CC1CCCCC1C(=O)NS(=O)(=O)c1cc2c(cc1Cl)OCCO2. The maximum Gasteiger partial charge on any atom is 0.265 e. The number of nitrogens with one attached hydrogen (secondary N) is 1. The van der Waals surface area contributed by atoms with Crippen molar-refractivity contribution < 1.29 is 22.7 Å². The minimum atomic E-state index is -4.06. The van der Waals surface area contributed by atoms with Gasteiger partial charge in [0.1, 0.15) is 18.1 Å². The van der Waals surface area contributed by atoms with E-state index in [1.165, 1.54) is 12.1 Å². The first kappa shape index (κ1) is 17.4. The molecule has 8 heteroatoms. The lowest BCUT2D eigenvalue weighted by atomic mass is 9.80. The molecule has 2 aliphatic rings. The molecular formula is C16H20ClNO5S. The van der Waals surface area contributed by atoms with E-state index in [4.69, 9.17) is 21.1 Å². The monoisotopic (exact) mass is 373 g/mol. The van der Waals surface area contributed by atoms with Gasteiger partial charge in [-0.3, -0.25) is 4.79 Å². The Hall–Kier alpha value is -1.47. The lowest BCUT2D eigenvalue weighted by molar-refractivity contribution is -0.125. The largest absolute Gasteiger partial charge is 0.486 e. The molecule has 1 amide bonds. The highest BCUT2D eigenvalue weighted by Crippen LogP contribution is 2.37. The van der Waals surface area contributed by atoms with E-state index in [0.717, 1.165) is 19.3 Å². The predicted molar refractivity (Wildman–Crippen MR) is 88.9 cm³/mol. The molecule has 2 unspecified atom stereocenters. The van der Waals surface area contributed by atoms with Crippen molar-refractivity contribution in [1.29, 1.82) is 0 Å². The number of carbonyl (C=O) groups is 1. The Morgan fingerprint density at radius 1 is 1.17 bits per heavy atom. The average Bonchev–Trinajstić information content (AvgIpc) is 2.54. The molecule has 1 N–H and O–H groups in total. The van der Waals surface area contributed by atoms with Crippen molar-refractivity contribution in [3.8, 4) is 11.5 Å². The number of amides is 1. The maximum absolute atomic E-state index is 12.6. The van der Waals surface area contributed by atoms with Crippen LogP contribution in [0.25, 0.3) is 0 Å². The number of rotatable bonds is 3. The van der Waals surface area contributed by atoms with E-state index in [0.29, 0.717) is 31.1 Å². The molecule has 0 radical (unpaired) electrons. The number of halogens is 1. The number of hydrogen-bond acceptors (Lipinski definition) is 5. The summed E-state index contributed by atoms with van der Waals surface area (Å²) in [4.78, 5) is 12.2. The van der Waals surface area contributed by atoms with Crippen LogP contribution in [0.15, 0.2) is 17.0 Å². The molecule has 1 aromatic carbocycles. The molecule has 1 fully saturated rings. The molecule has 3 rings (SSSR count). The van der Waals surface area contributed by atoms with E-state index >= 15 is 0 Å². The standard InChI is InChI=1S/C16H20ClNO5S/c1-10-4-2-3-5-11(10)16(19)18-24(20,21)15-9-14-13(8-12(15)17)22-6-7-23-14/h8-11H,2-7H2,1H3,(H,18,19). The Bertz CT molecular complexity index is 749. The second-order valence-electron chi connectivity index (χ2n) is 6.26. The van der Waals surface area contributed by atoms with Crippen molar-refractivity contribution in [3.05, 3.63) is 17.2 Å². The summed E-state index contributed by atoms with van der Waals surface area (Å²) in [6.07, 6.45) is 3.65. The first-order valence-electron chi connectivity index (χ1n) is 8.04. The van der Waals surface area contributed by atoms with Gasteiger partial charge < -0.3 is 9.47 Å². The molecule has 0 bridgehead atoms. The lowest BCUT2D eigenvalue weighted by Gasteiger charge is -2.27. The third-order valence-electron chi connectivity index (χ3n) is 4.57. The van der Waals surface area contributed by atoms with Gasteiger partial charge in [0.15, 0.2) is 11.5 Å². The Labute approximate surface area is 146 Å². The number of ether oxygens (including phenoxy) is 2. The topological polar surface area (TPSA) is 81.7 Å². The normalized spacial score (nSPS) is 23.6.